The van der Waals surface area contributed by atoms with Crippen molar-refractivity contribution < 1.29 is 19.1 Å². The van der Waals surface area contributed by atoms with Crippen LogP contribution < -0.4 is 9.64 Å². The van der Waals surface area contributed by atoms with Crippen molar-refractivity contribution in [2.24, 2.45) is 0 Å². The van der Waals surface area contributed by atoms with Gasteiger partial charge < -0.3 is 19.3 Å². The Labute approximate surface area is 174 Å². The third-order valence-electron chi connectivity index (χ3n) is 5.08. The molecule has 1 aliphatic heterocycles. The number of nitrogens with zero attached hydrogens (tertiary/aromatic N) is 4. The van der Waals surface area contributed by atoms with Gasteiger partial charge in [0.1, 0.15) is 11.3 Å². The van der Waals surface area contributed by atoms with Crippen LogP contribution in [0.15, 0.2) is 54.9 Å². The molecular formula is C22H22N4O4. The molecule has 1 aliphatic rings. The Hall–Kier alpha value is -3.68. The van der Waals surface area contributed by atoms with Crippen LogP contribution in [-0.4, -0.2) is 66.6 Å². The lowest BCUT2D eigenvalue weighted by atomic mass is 10.1. The fraction of sp³-hybridized carbons (Fsp3) is 0.273. The SMILES string of the molecule is COc1cc2ccccc2cc1C(=O)OCC(=O)N1CCN(c2ncccn2)CC1. The molecule has 0 N–H and O–H groups in total. The van der Waals surface area contributed by atoms with Gasteiger partial charge >= 0.3 is 5.97 Å². The van der Waals surface area contributed by atoms with E-state index in [0.717, 1.165) is 10.8 Å². The Morgan fingerprint density at radius 2 is 1.63 bits per heavy atom. The fourth-order valence-corrected chi connectivity index (χ4v) is 3.45. The van der Waals surface area contributed by atoms with Crippen LogP contribution in [-0.2, 0) is 9.53 Å². The molecule has 0 saturated carbocycles. The highest BCUT2D eigenvalue weighted by Gasteiger charge is 2.24. The van der Waals surface area contributed by atoms with Crippen molar-refractivity contribution in [1.29, 1.82) is 0 Å². The van der Waals surface area contributed by atoms with E-state index in [2.05, 4.69) is 9.97 Å². The van der Waals surface area contributed by atoms with Gasteiger partial charge in [0.15, 0.2) is 6.61 Å². The monoisotopic (exact) mass is 406 g/mol. The zero-order chi connectivity index (χ0) is 20.9. The van der Waals surface area contributed by atoms with Gasteiger partial charge in [-0.3, -0.25) is 4.79 Å². The normalized spacial score (nSPS) is 13.9. The number of carbonyl (C=O) groups is 2. The molecule has 8 nitrogen and oxygen atoms in total. The molecule has 0 aliphatic carbocycles. The summed E-state index contributed by atoms with van der Waals surface area (Å²) < 4.78 is 10.6. The van der Waals surface area contributed by atoms with E-state index in [-0.39, 0.29) is 12.5 Å². The summed E-state index contributed by atoms with van der Waals surface area (Å²) in [5, 5.41) is 1.86. The molecule has 0 unspecified atom stereocenters. The summed E-state index contributed by atoms with van der Waals surface area (Å²) in [4.78, 5) is 37.3. The van der Waals surface area contributed by atoms with Gasteiger partial charge in [-0.05, 0) is 29.0 Å². The third kappa shape index (κ3) is 4.17. The first kappa shape index (κ1) is 19.6. The van der Waals surface area contributed by atoms with E-state index in [9.17, 15) is 9.59 Å². The topological polar surface area (TPSA) is 84.9 Å². The largest absolute Gasteiger partial charge is 0.496 e. The van der Waals surface area contributed by atoms with Crippen molar-refractivity contribution in [2.75, 3.05) is 44.8 Å². The Morgan fingerprint density at radius 3 is 2.30 bits per heavy atom. The van der Waals surface area contributed by atoms with Crippen molar-refractivity contribution in [3.8, 4) is 5.75 Å². The number of carbonyl (C=O) groups excluding carboxylic acids is 2. The van der Waals surface area contributed by atoms with Crippen LogP contribution in [0, 0.1) is 0 Å². The molecule has 4 rings (SSSR count). The number of methoxy groups -OCH3 is 1. The molecule has 2 heterocycles. The molecule has 0 atom stereocenters. The van der Waals surface area contributed by atoms with E-state index in [1.54, 1.807) is 35.5 Å². The van der Waals surface area contributed by atoms with Crippen LogP contribution in [0.5, 0.6) is 5.75 Å². The Balaban J connectivity index is 1.35. The molecule has 154 valence electrons. The zero-order valence-electron chi connectivity index (χ0n) is 16.7. The van der Waals surface area contributed by atoms with Crippen LogP contribution in [0.2, 0.25) is 0 Å². The third-order valence-corrected chi connectivity index (χ3v) is 5.08. The second kappa shape index (κ2) is 8.77. The smallest absolute Gasteiger partial charge is 0.342 e. The van der Waals surface area contributed by atoms with Crippen molar-refractivity contribution in [3.05, 3.63) is 60.4 Å². The molecule has 0 spiro atoms. The summed E-state index contributed by atoms with van der Waals surface area (Å²) in [6, 6.07) is 12.9. The van der Waals surface area contributed by atoms with Crippen molar-refractivity contribution >= 4 is 28.6 Å². The number of amides is 1. The first-order chi connectivity index (χ1) is 14.7. The van der Waals surface area contributed by atoms with Crippen LogP contribution in [0.4, 0.5) is 5.95 Å². The van der Waals surface area contributed by atoms with E-state index >= 15 is 0 Å². The van der Waals surface area contributed by atoms with Gasteiger partial charge in [0.25, 0.3) is 5.91 Å². The highest BCUT2D eigenvalue weighted by Crippen LogP contribution is 2.26. The van der Waals surface area contributed by atoms with Crippen molar-refractivity contribution in [2.45, 2.75) is 0 Å². The fourth-order valence-electron chi connectivity index (χ4n) is 3.45. The average Bonchev–Trinajstić information content (AvgIpc) is 2.82. The maximum Gasteiger partial charge on any atom is 0.342 e. The van der Waals surface area contributed by atoms with Gasteiger partial charge in [-0.25, -0.2) is 14.8 Å². The number of ether oxygens (including phenoxy) is 2. The molecular weight excluding hydrogens is 384 g/mol. The minimum atomic E-state index is -0.581. The predicted molar refractivity (Wildman–Crippen MR) is 112 cm³/mol. The molecule has 1 saturated heterocycles. The van der Waals surface area contributed by atoms with Gasteiger partial charge in [-0.1, -0.05) is 24.3 Å². The standard InChI is InChI=1S/C22H22N4O4/c1-29-19-14-17-6-3-2-5-16(17)13-18(19)21(28)30-15-20(27)25-9-11-26(12-10-25)22-23-7-4-8-24-22/h2-8,13-14H,9-12,15H2,1H3. The molecule has 3 aromatic rings. The number of benzene rings is 2. The highest BCUT2D eigenvalue weighted by molar-refractivity contribution is 5.99. The summed E-state index contributed by atoms with van der Waals surface area (Å²) in [6.07, 6.45) is 3.39. The summed E-state index contributed by atoms with van der Waals surface area (Å²) >= 11 is 0. The van der Waals surface area contributed by atoms with E-state index in [1.807, 2.05) is 29.2 Å². The predicted octanol–water partition coefficient (Wildman–Crippen LogP) is 2.14. The number of hydrogen-bond acceptors (Lipinski definition) is 7. The Bertz CT molecular complexity index is 1050. The second-order valence-electron chi connectivity index (χ2n) is 6.89. The quantitative estimate of drug-likeness (QED) is 0.600. The molecule has 30 heavy (non-hydrogen) atoms. The first-order valence-corrected chi connectivity index (χ1v) is 9.69. The Morgan fingerprint density at radius 1 is 0.967 bits per heavy atom. The summed E-state index contributed by atoms with van der Waals surface area (Å²) in [7, 11) is 1.50. The van der Waals surface area contributed by atoms with Gasteiger partial charge in [-0.2, -0.15) is 0 Å². The van der Waals surface area contributed by atoms with E-state index in [1.165, 1.54) is 7.11 Å². The zero-order valence-corrected chi connectivity index (χ0v) is 16.7. The number of anilines is 1. The van der Waals surface area contributed by atoms with Crippen LogP contribution in [0.1, 0.15) is 10.4 Å². The summed E-state index contributed by atoms with van der Waals surface area (Å²) in [5.74, 6) is 0.265. The van der Waals surface area contributed by atoms with Crippen LogP contribution in [0.3, 0.4) is 0 Å². The molecule has 0 radical (unpaired) electrons. The molecule has 1 fully saturated rings. The number of piperazine rings is 1. The number of aromatic nitrogens is 2. The van der Waals surface area contributed by atoms with Crippen LogP contribution in [0.25, 0.3) is 10.8 Å². The lowest BCUT2D eigenvalue weighted by molar-refractivity contribution is -0.134. The minimum absolute atomic E-state index is 0.225. The van der Waals surface area contributed by atoms with E-state index in [4.69, 9.17) is 9.47 Å². The molecule has 1 amide bonds. The summed E-state index contributed by atoms with van der Waals surface area (Å²) in [5.41, 5.74) is 0.301. The maximum atomic E-state index is 12.6. The van der Waals surface area contributed by atoms with Gasteiger partial charge in [0.2, 0.25) is 5.95 Å². The number of fused-ring (bicyclic) bond motifs is 1. The van der Waals surface area contributed by atoms with Crippen molar-refractivity contribution in [3.63, 3.8) is 0 Å². The molecule has 0 bridgehead atoms. The lowest BCUT2D eigenvalue weighted by Gasteiger charge is -2.34. The van der Waals surface area contributed by atoms with E-state index < -0.39 is 5.97 Å². The highest BCUT2D eigenvalue weighted by atomic mass is 16.5. The molecule has 1 aromatic heterocycles. The van der Waals surface area contributed by atoms with Crippen molar-refractivity contribution in [1.82, 2.24) is 14.9 Å². The van der Waals surface area contributed by atoms with E-state index in [0.29, 0.717) is 43.4 Å². The minimum Gasteiger partial charge on any atom is -0.496 e. The summed E-state index contributed by atoms with van der Waals surface area (Å²) in [6.45, 7) is 1.99. The second-order valence-corrected chi connectivity index (χ2v) is 6.89. The van der Waals surface area contributed by atoms with Crippen LogP contribution >= 0.6 is 0 Å². The number of esters is 1. The molecule has 2 aromatic carbocycles. The van der Waals surface area contributed by atoms with Gasteiger partial charge in [0.05, 0.1) is 7.11 Å². The lowest BCUT2D eigenvalue weighted by Crippen LogP contribution is -2.50. The average molecular weight is 406 g/mol. The van der Waals surface area contributed by atoms with Gasteiger partial charge in [-0.15, -0.1) is 0 Å². The number of rotatable bonds is 5. The van der Waals surface area contributed by atoms with Gasteiger partial charge in [0, 0.05) is 38.6 Å². The molecule has 8 heteroatoms. The maximum absolute atomic E-state index is 12.6. The number of hydrogen-bond donors (Lipinski definition) is 0. The Kier molecular flexibility index (Phi) is 5.74. The first-order valence-electron chi connectivity index (χ1n) is 9.69.